The second kappa shape index (κ2) is 7.14. The standard InChI is InChI=1S/C16H20O2/c17-10-6-2-5-9-15-11-16(15)13-18-12-14-7-3-1-4-8-14/h1-9,15-17H,10-13H2/b6-2+,9-5+/t15-,16+/m0/s1. The first-order valence-corrected chi connectivity index (χ1v) is 6.46. The molecular weight excluding hydrogens is 224 g/mol. The molecule has 2 heteroatoms. The van der Waals surface area contributed by atoms with Crippen molar-refractivity contribution in [3.8, 4) is 0 Å². The first-order valence-electron chi connectivity index (χ1n) is 6.46. The summed E-state index contributed by atoms with van der Waals surface area (Å²) < 4.78 is 5.71. The first kappa shape index (κ1) is 13.1. The van der Waals surface area contributed by atoms with Crippen molar-refractivity contribution < 1.29 is 9.84 Å². The maximum atomic E-state index is 8.58. The van der Waals surface area contributed by atoms with Crippen LogP contribution in [0.15, 0.2) is 54.6 Å². The van der Waals surface area contributed by atoms with Crippen molar-refractivity contribution in [3.05, 3.63) is 60.2 Å². The fraction of sp³-hybridized carbons (Fsp3) is 0.375. The Hall–Kier alpha value is -1.38. The number of hydrogen-bond donors (Lipinski definition) is 1. The van der Waals surface area contributed by atoms with Crippen LogP contribution in [0.5, 0.6) is 0 Å². The average molecular weight is 244 g/mol. The molecule has 2 nitrogen and oxygen atoms in total. The van der Waals surface area contributed by atoms with Crippen molar-refractivity contribution in [2.45, 2.75) is 13.0 Å². The van der Waals surface area contributed by atoms with Crippen LogP contribution < -0.4 is 0 Å². The van der Waals surface area contributed by atoms with Gasteiger partial charge in [0, 0.05) is 0 Å². The van der Waals surface area contributed by atoms with Gasteiger partial charge in [-0.05, 0) is 23.8 Å². The Labute approximate surface area is 109 Å². The lowest BCUT2D eigenvalue weighted by Crippen LogP contribution is -1.98. The van der Waals surface area contributed by atoms with Gasteiger partial charge in [0.1, 0.15) is 0 Å². The molecule has 1 fully saturated rings. The molecule has 2 rings (SSSR count). The molecule has 1 saturated carbocycles. The van der Waals surface area contributed by atoms with Gasteiger partial charge in [0.2, 0.25) is 0 Å². The molecule has 96 valence electrons. The normalized spacial score (nSPS) is 22.9. The predicted octanol–water partition coefficient (Wildman–Crippen LogP) is 2.94. The van der Waals surface area contributed by atoms with E-state index in [0.29, 0.717) is 18.4 Å². The zero-order valence-corrected chi connectivity index (χ0v) is 10.5. The van der Waals surface area contributed by atoms with Crippen molar-refractivity contribution in [2.24, 2.45) is 11.8 Å². The molecule has 0 aliphatic heterocycles. The zero-order chi connectivity index (χ0) is 12.6. The first-order chi connectivity index (χ1) is 8.90. The summed E-state index contributed by atoms with van der Waals surface area (Å²) in [6.07, 6.45) is 9.05. The quantitative estimate of drug-likeness (QED) is 0.747. The smallest absolute Gasteiger partial charge is 0.0717 e. The minimum absolute atomic E-state index is 0.110. The van der Waals surface area contributed by atoms with Crippen molar-refractivity contribution in [1.82, 2.24) is 0 Å². The molecule has 1 aliphatic carbocycles. The fourth-order valence-corrected chi connectivity index (χ4v) is 1.95. The lowest BCUT2D eigenvalue weighted by molar-refractivity contribution is 0.109. The number of hydrogen-bond acceptors (Lipinski definition) is 2. The molecule has 0 aromatic heterocycles. The van der Waals surface area contributed by atoms with Crippen molar-refractivity contribution in [3.63, 3.8) is 0 Å². The Bertz CT molecular complexity index is 395. The van der Waals surface area contributed by atoms with E-state index < -0.39 is 0 Å². The van der Waals surface area contributed by atoms with Gasteiger partial charge in [-0.1, -0.05) is 54.6 Å². The van der Waals surface area contributed by atoms with Gasteiger partial charge in [-0.3, -0.25) is 0 Å². The highest BCUT2D eigenvalue weighted by Crippen LogP contribution is 2.39. The van der Waals surface area contributed by atoms with Gasteiger partial charge in [0.05, 0.1) is 19.8 Å². The van der Waals surface area contributed by atoms with Crippen LogP contribution in [-0.4, -0.2) is 18.3 Å². The maximum absolute atomic E-state index is 8.58. The van der Waals surface area contributed by atoms with E-state index in [1.54, 1.807) is 6.08 Å². The largest absolute Gasteiger partial charge is 0.392 e. The lowest BCUT2D eigenvalue weighted by Gasteiger charge is -2.02. The number of allylic oxidation sites excluding steroid dienone is 3. The molecule has 2 atom stereocenters. The molecule has 0 saturated heterocycles. The summed E-state index contributed by atoms with van der Waals surface area (Å²) in [5.41, 5.74) is 1.23. The Morgan fingerprint density at radius 3 is 2.83 bits per heavy atom. The summed E-state index contributed by atoms with van der Waals surface area (Å²) in [5, 5.41) is 8.58. The van der Waals surface area contributed by atoms with E-state index in [9.17, 15) is 0 Å². The molecule has 0 heterocycles. The van der Waals surface area contributed by atoms with Crippen LogP contribution in [0.25, 0.3) is 0 Å². The molecule has 0 bridgehead atoms. The number of benzene rings is 1. The third-order valence-corrected chi connectivity index (χ3v) is 3.13. The number of aliphatic hydroxyl groups excluding tert-OH is 1. The summed E-state index contributed by atoms with van der Waals surface area (Å²) in [4.78, 5) is 0. The second-order valence-corrected chi connectivity index (χ2v) is 4.66. The monoisotopic (exact) mass is 244 g/mol. The summed E-state index contributed by atoms with van der Waals surface area (Å²) in [6, 6.07) is 10.3. The van der Waals surface area contributed by atoms with Gasteiger partial charge < -0.3 is 9.84 Å². The van der Waals surface area contributed by atoms with E-state index >= 15 is 0 Å². The molecule has 0 unspecified atom stereocenters. The number of rotatable bonds is 7. The third-order valence-electron chi connectivity index (χ3n) is 3.13. The molecule has 0 amide bonds. The molecule has 1 aromatic carbocycles. The fourth-order valence-electron chi connectivity index (χ4n) is 1.95. The molecule has 1 N–H and O–H groups in total. The Morgan fingerprint density at radius 2 is 2.06 bits per heavy atom. The summed E-state index contributed by atoms with van der Waals surface area (Å²) >= 11 is 0. The molecule has 18 heavy (non-hydrogen) atoms. The van der Waals surface area contributed by atoms with Crippen LogP contribution in [-0.2, 0) is 11.3 Å². The van der Waals surface area contributed by atoms with Gasteiger partial charge in [-0.15, -0.1) is 0 Å². The van der Waals surface area contributed by atoms with Gasteiger partial charge >= 0.3 is 0 Å². The summed E-state index contributed by atoms with van der Waals surface area (Å²) in [7, 11) is 0. The van der Waals surface area contributed by atoms with Crippen molar-refractivity contribution in [2.75, 3.05) is 13.2 Å². The van der Waals surface area contributed by atoms with Crippen LogP contribution in [0.1, 0.15) is 12.0 Å². The summed E-state index contributed by atoms with van der Waals surface area (Å²) in [5.74, 6) is 1.33. The van der Waals surface area contributed by atoms with Gasteiger partial charge in [-0.2, -0.15) is 0 Å². The minimum atomic E-state index is 0.110. The second-order valence-electron chi connectivity index (χ2n) is 4.66. The van der Waals surface area contributed by atoms with Crippen LogP contribution in [0.2, 0.25) is 0 Å². The van der Waals surface area contributed by atoms with Gasteiger partial charge in [-0.25, -0.2) is 0 Å². The Balaban J connectivity index is 1.60. The molecule has 1 aliphatic rings. The van der Waals surface area contributed by atoms with Crippen LogP contribution in [0.4, 0.5) is 0 Å². The molecule has 0 radical (unpaired) electrons. The van der Waals surface area contributed by atoms with E-state index in [4.69, 9.17) is 9.84 Å². The van der Waals surface area contributed by atoms with E-state index in [0.717, 1.165) is 6.61 Å². The molecule has 1 aromatic rings. The SMILES string of the molecule is OC/C=C/C=C/[C@H]1C[C@@H]1COCc1ccccc1. The zero-order valence-electron chi connectivity index (χ0n) is 10.5. The predicted molar refractivity (Wildman–Crippen MR) is 73.1 cm³/mol. The Morgan fingerprint density at radius 1 is 1.22 bits per heavy atom. The molecular formula is C16H20O2. The number of aliphatic hydroxyl groups is 1. The Kier molecular flexibility index (Phi) is 5.18. The highest BCUT2D eigenvalue weighted by molar-refractivity contribution is 5.13. The van der Waals surface area contributed by atoms with E-state index in [2.05, 4.69) is 18.2 Å². The highest BCUT2D eigenvalue weighted by atomic mass is 16.5. The molecule has 0 spiro atoms. The van der Waals surface area contributed by atoms with E-state index in [-0.39, 0.29) is 6.61 Å². The van der Waals surface area contributed by atoms with Crippen LogP contribution in [0, 0.1) is 11.8 Å². The van der Waals surface area contributed by atoms with Gasteiger partial charge in [0.25, 0.3) is 0 Å². The number of ether oxygens (including phenoxy) is 1. The summed E-state index contributed by atoms with van der Waals surface area (Å²) in [6.45, 7) is 1.66. The van der Waals surface area contributed by atoms with Crippen LogP contribution >= 0.6 is 0 Å². The minimum Gasteiger partial charge on any atom is -0.392 e. The third kappa shape index (κ3) is 4.47. The highest BCUT2D eigenvalue weighted by Gasteiger charge is 2.34. The van der Waals surface area contributed by atoms with E-state index in [1.165, 1.54) is 12.0 Å². The average Bonchev–Trinajstić information content (AvgIpc) is 3.15. The van der Waals surface area contributed by atoms with Gasteiger partial charge in [0.15, 0.2) is 0 Å². The lowest BCUT2D eigenvalue weighted by atomic mass is 10.2. The van der Waals surface area contributed by atoms with Crippen LogP contribution in [0.3, 0.4) is 0 Å². The topological polar surface area (TPSA) is 29.5 Å². The maximum Gasteiger partial charge on any atom is 0.0717 e. The van der Waals surface area contributed by atoms with Crippen molar-refractivity contribution >= 4 is 0 Å². The van der Waals surface area contributed by atoms with E-state index in [1.807, 2.05) is 30.4 Å². The van der Waals surface area contributed by atoms with Crippen molar-refractivity contribution in [1.29, 1.82) is 0 Å².